The first-order valence-corrected chi connectivity index (χ1v) is 8.23. The topological polar surface area (TPSA) is 32.3 Å². The summed E-state index contributed by atoms with van der Waals surface area (Å²) in [5.74, 6) is 0.123. The lowest BCUT2D eigenvalue weighted by atomic mass is 9.97. The Labute approximate surface area is 139 Å². The van der Waals surface area contributed by atoms with Gasteiger partial charge >= 0.3 is 0 Å². The number of Topliss-reactive ketones (excluding diaryl/α,β-unsaturated/α-hetero) is 1. The second kappa shape index (κ2) is 8.49. The molecule has 23 heavy (non-hydrogen) atoms. The van der Waals surface area contributed by atoms with Gasteiger partial charge < -0.3 is 10.2 Å². The Kier molecular flexibility index (Phi) is 6.36. The fraction of sp³-hybridized carbons (Fsp3) is 0.350. The van der Waals surface area contributed by atoms with E-state index in [4.69, 9.17) is 0 Å². The van der Waals surface area contributed by atoms with Gasteiger partial charge in [0.2, 0.25) is 0 Å². The molecule has 0 aliphatic heterocycles. The van der Waals surface area contributed by atoms with Crippen LogP contribution in [0.25, 0.3) is 0 Å². The van der Waals surface area contributed by atoms with Gasteiger partial charge in [0.25, 0.3) is 0 Å². The summed E-state index contributed by atoms with van der Waals surface area (Å²) in [5.41, 5.74) is 2.86. The quantitative estimate of drug-likeness (QED) is 0.589. The lowest BCUT2D eigenvalue weighted by Crippen LogP contribution is -2.29. The SMILES string of the molecule is CCCCN[C@H](C(=O)c1ccc(N(C)C)cc1)c1ccccc1. The number of rotatable bonds is 8. The summed E-state index contributed by atoms with van der Waals surface area (Å²) in [6, 6.07) is 17.5. The molecule has 122 valence electrons. The Balaban J connectivity index is 2.21. The molecule has 2 aromatic rings. The zero-order valence-electron chi connectivity index (χ0n) is 14.3. The van der Waals surface area contributed by atoms with Gasteiger partial charge in [0.15, 0.2) is 5.78 Å². The Hall–Kier alpha value is -2.13. The highest BCUT2D eigenvalue weighted by molar-refractivity contribution is 6.00. The van der Waals surface area contributed by atoms with Crippen molar-refractivity contribution in [3.8, 4) is 0 Å². The van der Waals surface area contributed by atoms with Crippen molar-refractivity contribution >= 4 is 11.5 Å². The number of hydrogen-bond acceptors (Lipinski definition) is 3. The number of benzene rings is 2. The number of ketones is 1. The fourth-order valence-electron chi connectivity index (χ4n) is 2.52. The van der Waals surface area contributed by atoms with Gasteiger partial charge in [-0.2, -0.15) is 0 Å². The van der Waals surface area contributed by atoms with Gasteiger partial charge in [0.05, 0.1) is 6.04 Å². The highest BCUT2D eigenvalue weighted by Gasteiger charge is 2.21. The number of nitrogens with zero attached hydrogens (tertiary/aromatic N) is 1. The minimum absolute atomic E-state index is 0.123. The molecule has 0 saturated heterocycles. The first-order chi connectivity index (χ1) is 11.1. The van der Waals surface area contributed by atoms with Crippen LogP contribution in [0.1, 0.15) is 41.7 Å². The maximum absolute atomic E-state index is 12.9. The average molecular weight is 310 g/mol. The van der Waals surface area contributed by atoms with Crippen LogP contribution in [-0.4, -0.2) is 26.4 Å². The molecule has 0 bridgehead atoms. The molecule has 3 nitrogen and oxygen atoms in total. The molecule has 0 aliphatic carbocycles. The summed E-state index contributed by atoms with van der Waals surface area (Å²) in [6.07, 6.45) is 2.18. The lowest BCUT2D eigenvalue weighted by molar-refractivity contribution is 0.0943. The van der Waals surface area contributed by atoms with E-state index in [1.165, 1.54) is 0 Å². The molecule has 2 rings (SSSR count). The maximum Gasteiger partial charge on any atom is 0.184 e. The summed E-state index contributed by atoms with van der Waals surface area (Å²) in [5, 5.41) is 3.41. The average Bonchev–Trinajstić information content (AvgIpc) is 2.59. The zero-order chi connectivity index (χ0) is 16.7. The number of carbonyl (C=O) groups is 1. The van der Waals surface area contributed by atoms with E-state index in [2.05, 4.69) is 12.2 Å². The van der Waals surface area contributed by atoms with Crippen molar-refractivity contribution in [3.05, 3.63) is 65.7 Å². The fourth-order valence-corrected chi connectivity index (χ4v) is 2.52. The summed E-state index contributed by atoms with van der Waals surface area (Å²) in [4.78, 5) is 15.0. The molecule has 0 unspecified atom stereocenters. The Morgan fingerprint density at radius 2 is 1.70 bits per heavy atom. The third kappa shape index (κ3) is 4.67. The van der Waals surface area contributed by atoms with Crippen molar-refractivity contribution in [1.82, 2.24) is 5.32 Å². The molecule has 0 aliphatic rings. The number of carbonyl (C=O) groups excluding carboxylic acids is 1. The third-order valence-electron chi connectivity index (χ3n) is 3.94. The number of nitrogens with one attached hydrogen (secondary N) is 1. The maximum atomic E-state index is 12.9. The minimum atomic E-state index is -0.284. The molecule has 0 spiro atoms. The van der Waals surface area contributed by atoms with E-state index in [-0.39, 0.29) is 11.8 Å². The van der Waals surface area contributed by atoms with Gasteiger partial charge in [-0.25, -0.2) is 0 Å². The normalized spacial score (nSPS) is 12.0. The van der Waals surface area contributed by atoms with Gasteiger partial charge in [-0.15, -0.1) is 0 Å². The van der Waals surface area contributed by atoms with Crippen LogP contribution >= 0.6 is 0 Å². The van der Waals surface area contributed by atoms with E-state index in [1.54, 1.807) is 0 Å². The van der Waals surface area contributed by atoms with Crippen LogP contribution in [0.4, 0.5) is 5.69 Å². The van der Waals surface area contributed by atoms with E-state index in [1.807, 2.05) is 73.6 Å². The van der Waals surface area contributed by atoms with E-state index in [0.717, 1.165) is 36.2 Å². The van der Waals surface area contributed by atoms with E-state index < -0.39 is 0 Å². The number of hydrogen-bond donors (Lipinski definition) is 1. The number of anilines is 1. The van der Waals surface area contributed by atoms with Crippen LogP contribution in [0.5, 0.6) is 0 Å². The molecule has 0 amide bonds. The Bertz CT molecular complexity index is 605. The minimum Gasteiger partial charge on any atom is -0.378 e. The van der Waals surface area contributed by atoms with Crippen molar-refractivity contribution < 1.29 is 4.79 Å². The second-order valence-electron chi connectivity index (χ2n) is 5.96. The molecule has 0 radical (unpaired) electrons. The summed E-state index contributed by atoms with van der Waals surface area (Å²) in [6.45, 7) is 3.00. The molecule has 0 saturated carbocycles. The molecule has 0 heterocycles. The van der Waals surface area contributed by atoms with E-state index >= 15 is 0 Å². The van der Waals surface area contributed by atoms with E-state index in [9.17, 15) is 4.79 Å². The predicted octanol–water partition coefficient (Wildman–Crippen LogP) is 4.07. The van der Waals surface area contributed by atoms with Crippen molar-refractivity contribution in [2.45, 2.75) is 25.8 Å². The summed E-state index contributed by atoms with van der Waals surface area (Å²) < 4.78 is 0. The van der Waals surface area contributed by atoms with Crippen LogP contribution in [0.15, 0.2) is 54.6 Å². The summed E-state index contributed by atoms with van der Waals surface area (Å²) >= 11 is 0. The predicted molar refractivity (Wildman–Crippen MR) is 97.2 cm³/mol. The highest BCUT2D eigenvalue weighted by Crippen LogP contribution is 2.20. The van der Waals surface area contributed by atoms with Crippen LogP contribution < -0.4 is 10.2 Å². The monoisotopic (exact) mass is 310 g/mol. The smallest absolute Gasteiger partial charge is 0.184 e. The molecule has 0 aromatic heterocycles. The third-order valence-corrected chi connectivity index (χ3v) is 3.94. The summed E-state index contributed by atoms with van der Waals surface area (Å²) in [7, 11) is 3.99. The standard InChI is InChI=1S/C20H26N2O/c1-4-5-15-21-19(16-9-7-6-8-10-16)20(23)17-11-13-18(14-12-17)22(2)3/h6-14,19,21H,4-5,15H2,1-3H3/t19-/m0/s1. The molecule has 3 heteroatoms. The number of unbranched alkanes of at least 4 members (excludes halogenated alkanes) is 1. The van der Waals surface area contributed by atoms with Crippen molar-refractivity contribution in [2.24, 2.45) is 0 Å². The first kappa shape index (κ1) is 17.2. The Morgan fingerprint density at radius 3 is 2.26 bits per heavy atom. The van der Waals surface area contributed by atoms with Crippen molar-refractivity contribution in [3.63, 3.8) is 0 Å². The molecular weight excluding hydrogens is 284 g/mol. The van der Waals surface area contributed by atoms with Crippen LogP contribution in [0, 0.1) is 0 Å². The van der Waals surface area contributed by atoms with Gasteiger partial charge in [-0.3, -0.25) is 4.79 Å². The molecule has 1 atom stereocenters. The second-order valence-corrected chi connectivity index (χ2v) is 5.96. The van der Waals surface area contributed by atoms with Crippen LogP contribution in [0.2, 0.25) is 0 Å². The van der Waals surface area contributed by atoms with Crippen molar-refractivity contribution in [1.29, 1.82) is 0 Å². The molecule has 2 aromatic carbocycles. The van der Waals surface area contributed by atoms with Gasteiger partial charge in [-0.1, -0.05) is 43.7 Å². The Morgan fingerprint density at radius 1 is 1.04 bits per heavy atom. The van der Waals surface area contributed by atoms with Gasteiger partial charge in [-0.05, 0) is 42.8 Å². The first-order valence-electron chi connectivity index (χ1n) is 8.23. The zero-order valence-corrected chi connectivity index (χ0v) is 14.3. The van der Waals surface area contributed by atoms with Gasteiger partial charge in [0.1, 0.15) is 0 Å². The van der Waals surface area contributed by atoms with E-state index in [0.29, 0.717) is 0 Å². The van der Waals surface area contributed by atoms with Crippen LogP contribution in [0.3, 0.4) is 0 Å². The van der Waals surface area contributed by atoms with Crippen LogP contribution in [-0.2, 0) is 0 Å². The molecule has 1 N–H and O–H groups in total. The largest absolute Gasteiger partial charge is 0.378 e. The highest BCUT2D eigenvalue weighted by atomic mass is 16.1. The van der Waals surface area contributed by atoms with Gasteiger partial charge in [0, 0.05) is 25.3 Å². The van der Waals surface area contributed by atoms with Crippen molar-refractivity contribution in [2.75, 3.05) is 25.5 Å². The molecular formula is C20H26N2O. The molecule has 0 fully saturated rings. The lowest BCUT2D eigenvalue weighted by Gasteiger charge is -2.19.